The predicted octanol–water partition coefficient (Wildman–Crippen LogP) is 2.08. The van der Waals surface area contributed by atoms with Crippen LogP contribution in [0.3, 0.4) is 0 Å². The van der Waals surface area contributed by atoms with Gasteiger partial charge in [-0.25, -0.2) is 13.1 Å². The number of hydrogen-bond donors (Lipinski definition) is 2. The molecule has 0 heterocycles. The van der Waals surface area contributed by atoms with Crippen LogP contribution >= 0.6 is 15.9 Å². The van der Waals surface area contributed by atoms with Gasteiger partial charge in [-0.2, -0.15) is 0 Å². The van der Waals surface area contributed by atoms with E-state index in [1.54, 1.807) is 13.0 Å². The first kappa shape index (κ1) is 14.0. The van der Waals surface area contributed by atoms with Crippen molar-refractivity contribution in [1.82, 2.24) is 4.72 Å². The molecule has 0 aromatic heterocycles. The maximum absolute atomic E-state index is 12.3. The minimum absolute atomic E-state index is 0.173. The fraction of sp³-hybridized carbons (Fsp3) is 0.500. The van der Waals surface area contributed by atoms with Crippen molar-refractivity contribution in [1.29, 1.82) is 0 Å². The van der Waals surface area contributed by atoms with E-state index >= 15 is 0 Å². The number of halogens is 1. The zero-order valence-electron chi connectivity index (χ0n) is 10.3. The molecule has 0 amide bonds. The Morgan fingerprint density at radius 2 is 2.06 bits per heavy atom. The molecule has 0 atom stereocenters. The fourth-order valence-electron chi connectivity index (χ4n) is 1.76. The summed E-state index contributed by atoms with van der Waals surface area (Å²) in [7, 11) is -3.55. The summed E-state index contributed by atoms with van der Waals surface area (Å²) in [6.07, 6.45) is 1.73. The largest absolute Gasteiger partial charge is 0.392 e. The summed E-state index contributed by atoms with van der Waals surface area (Å²) >= 11 is 3.31. The van der Waals surface area contributed by atoms with Crippen LogP contribution in [0.2, 0.25) is 0 Å². The third kappa shape index (κ3) is 2.77. The van der Waals surface area contributed by atoms with Gasteiger partial charge >= 0.3 is 0 Å². The summed E-state index contributed by atoms with van der Waals surface area (Å²) in [6.45, 7) is 3.52. The molecular weight excluding hydrogens is 318 g/mol. The summed E-state index contributed by atoms with van der Waals surface area (Å²) in [5, 5.41) is 9.16. The zero-order valence-corrected chi connectivity index (χ0v) is 12.7. The lowest BCUT2D eigenvalue weighted by molar-refractivity contribution is 0.281. The van der Waals surface area contributed by atoms with E-state index in [1.807, 2.05) is 6.92 Å². The van der Waals surface area contributed by atoms with Crippen molar-refractivity contribution >= 4 is 26.0 Å². The number of aliphatic hydroxyl groups is 1. The second kappa shape index (κ2) is 4.59. The van der Waals surface area contributed by atoms with Crippen LogP contribution < -0.4 is 4.72 Å². The summed E-state index contributed by atoms with van der Waals surface area (Å²) in [6, 6.07) is 3.27. The first-order valence-corrected chi connectivity index (χ1v) is 7.99. The van der Waals surface area contributed by atoms with Gasteiger partial charge in [0, 0.05) is 10.0 Å². The Kier molecular flexibility index (Phi) is 3.57. The quantitative estimate of drug-likeness (QED) is 0.886. The minimum Gasteiger partial charge on any atom is -0.392 e. The molecule has 1 fully saturated rings. The summed E-state index contributed by atoms with van der Waals surface area (Å²) in [4.78, 5) is 0.194. The molecule has 18 heavy (non-hydrogen) atoms. The van der Waals surface area contributed by atoms with Gasteiger partial charge in [-0.15, -0.1) is 0 Å². The summed E-state index contributed by atoms with van der Waals surface area (Å²) in [5.74, 6) is 0. The fourth-order valence-corrected chi connectivity index (χ4v) is 4.30. The van der Waals surface area contributed by atoms with Crippen LogP contribution in [0.15, 0.2) is 21.5 Å². The number of aryl methyl sites for hydroxylation is 1. The van der Waals surface area contributed by atoms with E-state index in [2.05, 4.69) is 20.7 Å². The lowest BCUT2D eigenvalue weighted by Crippen LogP contribution is -2.34. The molecule has 1 saturated carbocycles. The Morgan fingerprint density at radius 3 is 2.56 bits per heavy atom. The van der Waals surface area contributed by atoms with Crippen LogP contribution in [0.25, 0.3) is 0 Å². The molecule has 1 aliphatic carbocycles. The van der Waals surface area contributed by atoms with E-state index < -0.39 is 10.0 Å². The van der Waals surface area contributed by atoms with Gasteiger partial charge < -0.3 is 5.11 Å². The highest BCUT2D eigenvalue weighted by Crippen LogP contribution is 2.37. The monoisotopic (exact) mass is 333 g/mol. The number of sulfonamides is 1. The van der Waals surface area contributed by atoms with Crippen molar-refractivity contribution in [2.75, 3.05) is 0 Å². The van der Waals surface area contributed by atoms with E-state index in [9.17, 15) is 8.42 Å². The standard InChI is InChI=1S/C12H16BrNO3S/c1-8-5-9(7-15)6-10(11(8)13)18(16,17)14-12(2)3-4-12/h5-6,14-15H,3-4,7H2,1-2H3. The van der Waals surface area contributed by atoms with E-state index in [-0.39, 0.29) is 17.0 Å². The van der Waals surface area contributed by atoms with Crippen molar-refractivity contribution in [3.8, 4) is 0 Å². The SMILES string of the molecule is Cc1cc(CO)cc(S(=O)(=O)NC2(C)CC2)c1Br. The highest BCUT2D eigenvalue weighted by molar-refractivity contribution is 9.10. The van der Waals surface area contributed by atoms with Crippen molar-refractivity contribution in [2.24, 2.45) is 0 Å². The molecule has 1 aromatic carbocycles. The second-order valence-electron chi connectivity index (χ2n) is 5.05. The topological polar surface area (TPSA) is 66.4 Å². The van der Waals surface area contributed by atoms with Crippen LogP contribution in [0.1, 0.15) is 30.9 Å². The van der Waals surface area contributed by atoms with Gasteiger partial charge in [0.1, 0.15) is 0 Å². The number of rotatable bonds is 4. The van der Waals surface area contributed by atoms with Crippen LogP contribution in [-0.4, -0.2) is 19.1 Å². The van der Waals surface area contributed by atoms with Gasteiger partial charge in [-0.3, -0.25) is 0 Å². The van der Waals surface area contributed by atoms with Crippen molar-refractivity contribution in [3.63, 3.8) is 0 Å². The van der Waals surface area contributed by atoms with E-state index in [0.717, 1.165) is 18.4 Å². The zero-order chi connectivity index (χ0) is 13.6. The van der Waals surface area contributed by atoms with Crippen LogP contribution in [0.4, 0.5) is 0 Å². The Morgan fingerprint density at radius 1 is 1.44 bits per heavy atom. The molecule has 2 N–H and O–H groups in total. The minimum atomic E-state index is -3.55. The van der Waals surface area contributed by atoms with E-state index in [1.165, 1.54) is 6.07 Å². The van der Waals surface area contributed by atoms with Crippen LogP contribution in [0.5, 0.6) is 0 Å². The molecule has 0 radical (unpaired) electrons. The summed E-state index contributed by atoms with van der Waals surface area (Å²) in [5.41, 5.74) is 1.08. The van der Waals surface area contributed by atoms with Gasteiger partial charge in [0.2, 0.25) is 10.0 Å². The molecule has 0 spiro atoms. The highest BCUT2D eigenvalue weighted by Gasteiger charge is 2.41. The molecule has 100 valence electrons. The molecule has 1 aromatic rings. The van der Waals surface area contributed by atoms with Gasteiger partial charge in [-0.05, 0) is 59.8 Å². The first-order valence-electron chi connectivity index (χ1n) is 5.71. The number of benzene rings is 1. The molecule has 0 unspecified atom stereocenters. The van der Waals surface area contributed by atoms with Gasteiger partial charge in [-0.1, -0.05) is 6.07 Å². The van der Waals surface area contributed by atoms with Gasteiger partial charge in [0.25, 0.3) is 0 Å². The molecule has 6 heteroatoms. The normalized spacial score (nSPS) is 17.8. The van der Waals surface area contributed by atoms with E-state index in [4.69, 9.17) is 5.11 Å². The molecular formula is C12H16BrNO3S. The molecule has 0 aliphatic heterocycles. The highest BCUT2D eigenvalue weighted by atomic mass is 79.9. The lowest BCUT2D eigenvalue weighted by Gasteiger charge is -2.15. The smallest absolute Gasteiger partial charge is 0.242 e. The van der Waals surface area contributed by atoms with Crippen LogP contribution in [0, 0.1) is 6.92 Å². The van der Waals surface area contributed by atoms with Crippen molar-refractivity contribution in [2.45, 2.75) is 43.7 Å². The second-order valence-corrected chi connectivity index (χ2v) is 7.49. The third-order valence-electron chi connectivity index (χ3n) is 3.13. The lowest BCUT2D eigenvalue weighted by atomic mass is 10.1. The molecule has 1 aliphatic rings. The Hall–Kier alpha value is -0.430. The Bertz CT molecular complexity index is 579. The maximum atomic E-state index is 12.3. The Balaban J connectivity index is 2.46. The molecule has 2 rings (SSSR count). The Labute approximate surface area is 116 Å². The summed E-state index contributed by atoms with van der Waals surface area (Å²) < 4.78 is 27.9. The maximum Gasteiger partial charge on any atom is 0.242 e. The van der Waals surface area contributed by atoms with Gasteiger partial charge in [0.15, 0.2) is 0 Å². The van der Waals surface area contributed by atoms with Crippen molar-refractivity contribution in [3.05, 3.63) is 27.7 Å². The molecule has 0 saturated heterocycles. The third-order valence-corrected chi connectivity index (χ3v) is 6.11. The van der Waals surface area contributed by atoms with E-state index in [0.29, 0.717) is 10.0 Å². The predicted molar refractivity (Wildman–Crippen MR) is 72.8 cm³/mol. The number of hydrogen-bond acceptors (Lipinski definition) is 3. The number of aliphatic hydroxyl groups excluding tert-OH is 1. The average molecular weight is 334 g/mol. The van der Waals surface area contributed by atoms with Gasteiger partial charge in [0.05, 0.1) is 11.5 Å². The number of nitrogens with one attached hydrogen (secondary N) is 1. The average Bonchev–Trinajstić information content (AvgIpc) is 2.98. The van der Waals surface area contributed by atoms with Crippen LogP contribution in [-0.2, 0) is 16.6 Å². The molecule has 4 nitrogen and oxygen atoms in total. The molecule has 0 bridgehead atoms. The van der Waals surface area contributed by atoms with Crippen molar-refractivity contribution < 1.29 is 13.5 Å². The first-order chi connectivity index (χ1) is 8.27.